The molecule has 0 saturated carbocycles. The Kier molecular flexibility index (Phi) is 4.70. The van der Waals surface area contributed by atoms with Crippen molar-refractivity contribution >= 4 is 23.3 Å². The molecule has 1 atom stereocenters. The number of aromatic nitrogens is 2. The molecule has 116 valence electrons. The summed E-state index contributed by atoms with van der Waals surface area (Å²) >= 11 is 1.62. The summed E-state index contributed by atoms with van der Waals surface area (Å²) in [5.41, 5.74) is 1.04. The van der Waals surface area contributed by atoms with Crippen molar-refractivity contribution in [2.45, 2.75) is 26.1 Å². The first-order chi connectivity index (χ1) is 10.8. The van der Waals surface area contributed by atoms with Crippen LogP contribution in [0.2, 0.25) is 0 Å². The molecule has 6 heteroatoms. The van der Waals surface area contributed by atoms with E-state index in [0.29, 0.717) is 26.2 Å². The maximum atomic E-state index is 12.5. The molecule has 22 heavy (non-hydrogen) atoms. The summed E-state index contributed by atoms with van der Waals surface area (Å²) in [5, 5.41) is 6.31. The molecule has 2 aromatic heterocycles. The van der Waals surface area contributed by atoms with Gasteiger partial charge in [0.1, 0.15) is 0 Å². The molecule has 1 unspecified atom stereocenters. The highest BCUT2D eigenvalue weighted by Crippen LogP contribution is 2.15. The van der Waals surface area contributed by atoms with Crippen LogP contribution in [0.15, 0.2) is 35.9 Å². The van der Waals surface area contributed by atoms with E-state index in [1.54, 1.807) is 23.6 Å². The number of fused-ring (bicyclic) bond motifs is 1. The Balaban J connectivity index is 1.75. The van der Waals surface area contributed by atoms with E-state index in [1.807, 2.05) is 46.2 Å². The summed E-state index contributed by atoms with van der Waals surface area (Å²) < 4.78 is 7.67. The van der Waals surface area contributed by atoms with Crippen LogP contribution in [0.5, 0.6) is 0 Å². The van der Waals surface area contributed by atoms with Gasteiger partial charge in [-0.1, -0.05) is 6.07 Å². The largest absolute Gasteiger partial charge is 0.375 e. The van der Waals surface area contributed by atoms with E-state index in [0.717, 1.165) is 10.6 Å². The Morgan fingerprint density at radius 2 is 2.41 bits per heavy atom. The summed E-state index contributed by atoms with van der Waals surface area (Å²) in [6, 6.07) is 5.93. The van der Waals surface area contributed by atoms with Crippen LogP contribution in [0.1, 0.15) is 17.5 Å². The zero-order chi connectivity index (χ0) is 15.4. The maximum absolute atomic E-state index is 12.5. The van der Waals surface area contributed by atoms with Gasteiger partial charge in [0.15, 0.2) is 0 Å². The number of hydrogen-bond donors (Lipinski definition) is 0. The van der Waals surface area contributed by atoms with E-state index in [2.05, 4.69) is 5.10 Å². The second-order valence-electron chi connectivity index (χ2n) is 5.15. The lowest BCUT2D eigenvalue weighted by atomic mass is 10.3. The van der Waals surface area contributed by atoms with E-state index < -0.39 is 0 Å². The minimum atomic E-state index is -0.0229. The number of carbonyl (C=O) groups excluding carboxylic acids is 1. The van der Waals surface area contributed by atoms with Gasteiger partial charge in [-0.15, -0.1) is 11.3 Å². The molecule has 1 aliphatic heterocycles. The van der Waals surface area contributed by atoms with Crippen LogP contribution >= 0.6 is 11.3 Å². The fourth-order valence-corrected chi connectivity index (χ4v) is 3.19. The molecular weight excluding hydrogens is 298 g/mol. The summed E-state index contributed by atoms with van der Waals surface area (Å²) in [6.45, 7) is 4.45. The number of rotatable bonds is 4. The molecule has 0 saturated heterocycles. The highest BCUT2D eigenvalue weighted by Gasteiger charge is 2.24. The van der Waals surface area contributed by atoms with Crippen LogP contribution < -0.4 is 0 Å². The third-order valence-electron chi connectivity index (χ3n) is 3.61. The molecule has 0 fully saturated rings. The molecule has 0 radical (unpaired) electrons. The van der Waals surface area contributed by atoms with E-state index in [9.17, 15) is 4.79 Å². The maximum Gasteiger partial charge on any atom is 0.247 e. The molecule has 0 spiro atoms. The van der Waals surface area contributed by atoms with Gasteiger partial charge in [-0.3, -0.25) is 9.48 Å². The molecule has 3 heterocycles. The molecule has 1 aliphatic rings. The molecule has 2 aromatic rings. The minimum Gasteiger partial charge on any atom is -0.375 e. The third kappa shape index (κ3) is 3.45. The summed E-state index contributed by atoms with van der Waals surface area (Å²) in [7, 11) is 0. The van der Waals surface area contributed by atoms with Crippen molar-refractivity contribution in [2.75, 3.05) is 13.2 Å². The lowest BCUT2D eigenvalue weighted by Crippen LogP contribution is -2.36. The van der Waals surface area contributed by atoms with Crippen molar-refractivity contribution in [1.82, 2.24) is 14.7 Å². The van der Waals surface area contributed by atoms with Crippen LogP contribution in [-0.4, -0.2) is 39.8 Å². The number of thiophene rings is 1. The Hall–Kier alpha value is -1.92. The molecule has 5 nitrogen and oxygen atoms in total. The van der Waals surface area contributed by atoms with Gasteiger partial charge in [0.25, 0.3) is 0 Å². The van der Waals surface area contributed by atoms with Gasteiger partial charge in [0, 0.05) is 30.3 Å². The average molecular weight is 317 g/mol. The lowest BCUT2D eigenvalue weighted by Gasteiger charge is -2.22. The zero-order valence-corrected chi connectivity index (χ0v) is 13.3. The van der Waals surface area contributed by atoms with E-state index in [1.165, 1.54) is 0 Å². The number of carbonyl (C=O) groups is 1. The van der Waals surface area contributed by atoms with Gasteiger partial charge in [0.2, 0.25) is 5.91 Å². The number of ether oxygens (including phenoxy) is 1. The summed E-state index contributed by atoms with van der Waals surface area (Å²) in [5.74, 6) is 0.00718. The van der Waals surface area contributed by atoms with Crippen LogP contribution in [0.25, 0.3) is 6.08 Å². The van der Waals surface area contributed by atoms with Gasteiger partial charge in [0.05, 0.1) is 24.9 Å². The van der Waals surface area contributed by atoms with Gasteiger partial charge in [-0.2, -0.15) is 5.10 Å². The lowest BCUT2D eigenvalue weighted by molar-refractivity contribution is -0.128. The van der Waals surface area contributed by atoms with Gasteiger partial charge in [-0.05, 0) is 30.5 Å². The molecule has 3 rings (SSSR count). The first-order valence-electron chi connectivity index (χ1n) is 7.39. The van der Waals surface area contributed by atoms with Crippen molar-refractivity contribution < 1.29 is 9.53 Å². The fraction of sp³-hybridized carbons (Fsp3) is 0.375. The normalized spacial score (nSPS) is 18.4. The van der Waals surface area contributed by atoms with E-state index in [4.69, 9.17) is 4.74 Å². The van der Waals surface area contributed by atoms with Crippen molar-refractivity contribution in [3.63, 3.8) is 0 Å². The van der Waals surface area contributed by atoms with Gasteiger partial charge < -0.3 is 9.64 Å². The Morgan fingerprint density at radius 3 is 3.18 bits per heavy atom. The second-order valence-corrected chi connectivity index (χ2v) is 6.13. The summed E-state index contributed by atoms with van der Waals surface area (Å²) in [6.07, 6.45) is 5.25. The van der Waals surface area contributed by atoms with Crippen LogP contribution in [0.3, 0.4) is 0 Å². The Morgan fingerprint density at radius 1 is 1.50 bits per heavy atom. The highest BCUT2D eigenvalue weighted by atomic mass is 32.1. The quantitative estimate of drug-likeness (QED) is 0.814. The second kappa shape index (κ2) is 6.89. The Labute approximate surface area is 133 Å². The first-order valence-corrected chi connectivity index (χ1v) is 8.27. The Bertz CT molecular complexity index is 648. The zero-order valence-electron chi connectivity index (χ0n) is 12.5. The molecule has 0 bridgehead atoms. The monoisotopic (exact) mass is 317 g/mol. The predicted octanol–water partition coefficient (Wildman–Crippen LogP) is 2.41. The molecular formula is C16H19N3O2S. The standard InChI is InChI=1S/C16H19N3O2S/c1-2-21-14-11-18(10-13-7-8-17-19(13)12-14)16(20)6-5-15-4-3-9-22-15/h3-9,14H,2,10-12H2,1H3/b6-5+. The van der Waals surface area contributed by atoms with Crippen molar-refractivity contribution in [3.8, 4) is 0 Å². The third-order valence-corrected chi connectivity index (χ3v) is 4.44. The highest BCUT2D eigenvalue weighted by molar-refractivity contribution is 7.10. The average Bonchev–Trinajstić information content (AvgIpc) is 3.14. The molecule has 0 aliphatic carbocycles. The fourth-order valence-electron chi connectivity index (χ4n) is 2.57. The minimum absolute atomic E-state index is 0.00718. The van der Waals surface area contributed by atoms with Gasteiger partial charge >= 0.3 is 0 Å². The van der Waals surface area contributed by atoms with Crippen molar-refractivity contribution in [3.05, 3.63) is 46.4 Å². The number of hydrogen-bond acceptors (Lipinski definition) is 4. The molecule has 1 amide bonds. The topological polar surface area (TPSA) is 47.4 Å². The van der Waals surface area contributed by atoms with Gasteiger partial charge in [-0.25, -0.2) is 0 Å². The van der Waals surface area contributed by atoms with E-state index in [-0.39, 0.29) is 12.0 Å². The molecule has 0 N–H and O–H groups in total. The number of amides is 1. The first kappa shape index (κ1) is 15.0. The van der Waals surface area contributed by atoms with Crippen LogP contribution in [0.4, 0.5) is 0 Å². The van der Waals surface area contributed by atoms with Crippen molar-refractivity contribution in [1.29, 1.82) is 0 Å². The predicted molar refractivity (Wildman–Crippen MR) is 86.4 cm³/mol. The van der Waals surface area contributed by atoms with Crippen LogP contribution in [-0.2, 0) is 22.6 Å². The SMILES string of the molecule is CCOC1CN(C(=O)/C=C/c2cccs2)Cc2ccnn2C1. The molecule has 0 aromatic carbocycles. The van der Waals surface area contributed by atoms with E-state index >= 15 is 0 Å². The van der Waals surface area contributed by atoms with Crippen LogP contribution in [0, 0.1) is 0 Å². The summed E-state index contributed by atoms with van der Waals surface area (Å²) in [4.78, 5) is 15.4. The smallest absolute Gasteiger partial charge is 0.247 e. The van der Waals surface area contributed by atoms with Crippen molar-refractivity contribution in [2.24, 2.45) is 0 Å². The number of nitrogens with zero attached hydrogens (tertiary/aromatic N) is 3.